The summed E-state index contributed by atoms with van der Waals surface area (Å²) in [5.41, 5.74) is 0. The second kappa shape index (κ2) is 4.19. The van der Waals surface area contributed by atoms with Crippen LogP contribution in [0.5, 0.6) is 0 Å². The van der Waals surface area contributed by atoms with Crippen LogP contribution in [-0.2, 0) is 0 Å². The highest BCUT2D eigenvalue weighted by Crippen LogP contribution is 2.35. The molecule has 0 heterocycles. The molecule has 14 heavy (non-hydrogen) atoms. The van der Waals surface area contributed by atoms with Gasteiger partial charge in [-0.15, -0.1) is 0 Å². The van der Waals surface area contributed by atoms with E-state index >= 15 is 0 Å². The fraction of sp³-hybridized carbons (Fsp3) is 1.00. The highest BCUT2D eigenvalue weighted by molar-refractivity contribution is 4.92. The van der Waals surface area contributed by atoms with Crippen molar-refractivity contribution in [1.82, 2.24) is 4.90 Å². The number of nitrogens with zero attached hydrogens (tertiary/aromatic N) is 1. The Hall–Kier alpha value is -0.0800. The first-order valence-electron chi connectivity index (χ1n) is 6.12. The summed E-state index contributed by atoms with van der Waals surface area (Å²) in [6.07, 6.45) is 7.36. The molecule has 2 nitrogen and oxygen atoms in total. The van der Waals surface area contributed by atoms with Gasteiger partial charge in [0.25, 0.3) is 0 Å². The zero-order valence-electron chi connectivity index (χ0n) is 9.45. The van der Waals surface area contributed by atoms with Crippen LogP contribution in [0.3, 0.4) is 0 Å². The molecule has 2 aliphatic carbocycles. The molecule has 0 amide bonds. The maximum absolute atomic E-state index is 9.99. The van der Waals surface area contributed by atoms with Gasteiger partial charge in [0.1, 0.15) is 0 Å². The van der Waals surface area contributed by atoms with Gasteiger partial charge in [-0.25, -0.2) is 0 Å². The minimum Gasteiger partial charge on any atom is -0.391 e. The van der Waals surface area contributed by atoms with Crippen LogP contribution in [0.25, 0.3) is 0 Å². The summed E-state index contributed by atoms with van der Waals surface area (Å²) in [7, 11) is 2.20. The van der Waals surface area contributed by atoms with Gasteiger partial charge >= 0.3 is 0 Å². The lowest BCUT2D eigenvalue weighted by Gasteiger charge is -2.38. The summed E-state index contributed by atoms with van der Waals surface area (Å²) in [6, 6.07) is 1.23. The zero-order valence-corrected chi connectivity index (χ0v) is 9.45. The Labute approximate surface area is 87.3 Å². The van der Waals surface area contributed by atoms with Crippen LogP contribution in [0.15, 0.2) is 0 Å². The first-order valence-corrected chi connectivity index (χ1v) is 6.12. The molecular formula is C12H23NO. The van der Waals surface area contributed by atoms with Gasteiger partial charge in [0, 0.05) is 12.1 Å². The van der Waals surface area contributed by atoms with Crippen LogP contribution in [0.4, 0.5) is 0 Å². The van der Waals surface area contributed by atoms with Crippen LogP contribution in [0, 0.1) is 5.92 Å². The Morgan fingerprint density at radius 3 is 2.50 bits per heavy atom. The molecule has 0 radical (unpaired) electrons. The molecule has 0 spiro atoms. The summed E-state index contributed by atoms with van der Waals surface area (Å²) in [6.45, 7) is 2.27. The fourth-order valence-corrected chi connectivity index (χ4v) is 2.78. The molecule has 2 heteroatoms. The van der Waals surface area contributed by atoms with E-state index in [0.717, 1.165) is 18.4 Å². The third kappa shape index (κ3) is 2.12. The van der Waals surface area contributed by atoms with Crippen LogP contribution in [-0.4, -0.2) is 35.2 Å². The van der Waals surface area contributed by atoms with Gasteiger partial charge in [-0.05, 0) is 45.1 Å². The predicted octanol–water partition coefficient (Wildman–Crippen LogP) is 2.02. The lowest BCUT2D eigenvalue weighted by molar-refractivity contribution is 0.0103. The van der Waals surface area contributed by atoms with E-state index < -0.39 is 0 Å². The minimum absolute atomic E-state index is 0.0663. The van der Waals surface area contributed by atoms with E-state index in [0.29, 0.717) is 6.04 Å². The summed E-state index contributed by atoms with van der Waals surface area (Å²) >= 11 is 0. The molecule has 0 aromatic rings. The van der Waals surface area contributed by atoms with Gasteiger partial charge in [-0.1, -0.05) is 13.3 Å². The molecule has 3 atom stereocenters. The number of aliphatic hydroxyl groups excluding tert-OH is 1. The maximum Gasteiger partial charge on any atom is 0.0695 e. The van der Waals surface area contributed by atoms with Crippen molar-refractivity contribution in [2.75, 3.05) is 7.05 Å². The van der Waals surface area contributed by atoms with Gasteiger partial charge in [-0.2, -0.15) is 0 Å². The number of rotatable bonds is 3. The Morgan fingerprint density at radius 2 is 1.93 bits per heavy atom. The molecule has 2 fully saturated rings. The monoisotopic (exact) mass is 197 g/mol. The molecule has 0 aromatic heterocycles. The van der Waals surface area contributed by atoms with E-state index in [-0.39, 0.29) is 6.10 Å². The normalized spacial score (nSPS) is 39.0. The van der Waals surface area contributed by atoms with Gasteiger partial charge < -0.3 is 5.11 Å². The number of hydrogen-bond donors (Lipinski definition) is 1. The van der Waals surface area contributed by atoms with Gasteiger partial charge in [0.2, 0.25) is 0 Å². The highest BCUT2D eigenvalue weighted by atomic mass is 16.3. The molecule has 1 N–H and O–H groups in total. The molecule has 2 aliphatic rings. The Kier molecular flexibility index (Phi) is 3.13. The topological polar surface area (TPSA) is 23.5 Å². The van der Waals surface area contributed by atoms with Crippen LogP contribution in [0.1, 0.15) is 45.4 Å². The fourth-order valence-electron chi connectivity index (χ4n) is 2.78. The average molecular weight is 197 g/mol. The first kappa shape index (κ1) is 10.4. The lowest BCUT2D eigenvalue weighted by Crippen LogP contribution is -2.46. The number of hydrogen-bond acceptors (Lipinski definition) is 2. The van der Waals surface area contributed by atoms with E-state index in [9.17, 15) is 5.11 Å². The molecule has 82 valence electrons. The Balaban J connectivity index is 1.92. The quantitative estimate of drug-likeness (QED) is 0.748. The van der Waals surface area contributed by atoms with Crippen LogP contribution in [0.2, 0.25) is 0 Å². The van der Waals surface area contributed by atoms with Crippen molar-refractivity contribution in [1.29, 1.82) is 0 Å². The second-order valence-corrected chi connectivity index (χ2v) is 5.12. The van der Waals surface area contributed by atoms with E-state index in [2.05, 4.69) is 18.9 Å². The van der Waals surface area contributed by atoms with E-state index in [4.69, 9.17) is 0 Å². The average Bonchev–Trinajstić information content (AvgIpc) is 3.01. The molecule has 0 bridgehead atoms. The van der Waals surface area contributed by atoms with Crippen molar-refractivity contribution in [3.63, 3.8) is 0 Å². The highest BCUT2D eigenvalue weighted by Gasteiger charge is 2.37. The van der Waals surface area contributed by atoms with Crippen molar-refractivity contribution >= 4 is 0 Å². The summed E-state index contributed by atoms with van der Waals surface area (Å²) in [5, 5.41) is 9.99. The molecule has 0 aromatic carbocycles. The van der Waals surface area contributed by atoms with Gasteiger partial charge in [0.05, 0.1) is 6.10 Å². The molecule has 2 saturated carbocycles. The standard InChI is InChI=1S/C12H23NO/c1-3-9-4-7-12(14)11(8-9)13(2)10-5-6-10/h9-12,14H,3-8H2,1-2H3. The molecule has 2 rings (SSSR count). The van der Waals surface area contributed by atoms with Crippen molar-refractivity contribution < 1.29 is 5.11 Å². The maximum atomic E-state index is 9.99. The van der Waals surface area contributed by atoms with Gasteiger partial charge in [0.15, 0.2) is 0 Å². The zero-order chi connectivity index (χ0) is 10.1. The van der Waals surface area contributed by atoms with Crippen molar-refractivity contribution in [2.45, 2.75) is 63.6 Å². The van der Waals surface area contributed by atoms with Crippen molar-refractivity contribution in [2.24, 2.45) is 5.92 Å². The number of likely N-dealkylation sites (N-methyl/N-ethyl adjacent to an activating group) is 1. The lowest BCUT2D eigenvalue weighted by atomic mass is 9.82. The summed E-state index contributed by atoms with van der Waals surface area (Å²) < 4.78 is 0. The summed E-state index contributed by atoms with van der Waals surface area (Å²) in [4.78, 5) is 2.44. The smallest absolute Gasteiger partial charge is 0.0695 e. The second-order valence-electron chi connectivity index (χ2n) is 5.12. The molecule has 3 unspecified atom stereocenters. The van der Waals surface area contributed by atoms with Crippen LogP contribution >= 0.6 is 0 Å². The summed E-state index contributed by atoms with van der Waals surface area (Å²) in [5.74, 6) is 0.851. The number of aliphatic hydroxyl groups is 1. The van der Waals surface area contributed by atoms with Crippen molar-refractivity contribution in [3.8, 4) is 0 Å². The molecule has 0 aliphatic heterocycles. The largest absolute Gasteiger partial charge is 0.391 e. The molecular weight excluding hydrogens is 174 g/mol. The third-order valence-electron chi connectivity index (χ3n) is 4.11. The Morgan fingerprint density at radius 1 is 1.21 bits per heavy atom. The SMILES string of the molecule is CCC1CCC(O)C(N(C)C2CC2)C1. The van der Waals surface area contributed by atoms with E-state index in [1.54, 1.807) is 0 Å². The Bertz CT molecular complexity index is 191. The van der Waals surface area contributed by atoms with E-state index in [1.807, 2.05) is 0 Å². The van der Waals surface area contributed by atoms with Crippen molar-refractivity contribution in [3.05, 3.63) is 0 Å². The predicted molar refractivity (Wildman–Crippen MR) is 58.2 cm³/mol. The van der Waals surface area contributed by atoms with Crippen LogP contribution < -0.4 is 0 Å². The first-order chi connectivity index (χ1) is 6.72. The van der Waals surface area contributed by atoms with E-state index in [1.165, 1.54) is 32.1 Å². The molecule has 0 saturated heterocycles. The van der Waals surface area contributed by atoms with Gasteiger partial charge in [-0.3, -0.25) is 4.90 Å². The third-order valence-corrected chi connectivity index (χ3v) is 4.11. The minimum atomic E-state index is -0.0663.